The van der Waals surface area contributed by atoms with Crippen molar-refractivity contribution in [3.8, 4) is 0 Å². The molecule has 0 radical (unpaired) electrons. The molecule has 0 spiro atoms. The zero-order valence-corrected chi connectivity index (χ0v) is 20.6. The van der Waals surface area contributed by atoms with Gasteiger partial charge in [-0.3, -0.25) is 14.4 Å². The molecule has 0 saturated heterocycles. The van der Waals surface area contributed by atoms with Crippen molar-refractivity contribution in [1.82, 2.24) is 5.16 Å². The average Bonchev–Trinajstić information content (AvgIpc) is 3.37. The Morgan fingerprint density at radius 1 is 1.03 bits per heavy atom. The number of aromatic nitrogens is 1. The van der Waals surface area contributed by atoms with Gasteiger partial charge in [-0.1, -0.05) is 30.6 Å². The number of esters is 1. The van der Waals surface area contributed by atoms with Crippen LogP contribution in [-0.2, 0) is 9.53 Å². The molecule has 1 unspecified atom stereocenters. The second kappa shape index (κ2) is 10.2. The van der Waals surface area contributed by atoms with Crippen LogP contribution in [0.15, 0.2) is 47.0 Å². The van der Waals surface area contributed by atoms with Crippen molar-refractivity contribution >= 4 is 35.2 Å². The first-order chi connectivity index (χ1) is 17.2. The summed E-state index contributed by atoms with van der Waals surface area (Å²) in [7, 11) is 0. The summed E-state index contributed by atoms with van der Waals surface area (Å²) < 4.78 is 10.5. The number of carbonyl (C=O) groups excluding carboxylic acids is 4. The van der Waals surface area contributed by atoms with Crippen LogP contribution < -0.4 is 10.2 Å². The number of imide groups is 1. The number of rotatable bonds is 8. The van der Waals surface area contributed by atoms with Crippen LogP contribution >= 0.6 is 0 Å². The fourth-order valence-electron chi connectivity index (χ4n) is 4.01. The molecule has 3 amide bonds. The van der Waals surface area contributed by atoms with Crippen molar-refractivity contribution in [2.45, 2.75) is 53.1 Å². The van der Waals surface area contributed by atoms with E-state index < -0.39 is 29.8 Å². The van der Waals surface area contributed by atoms with Gasteiger partial charge in [0.05, 0.1) is 22.4 Å². The lowest BCUT2D eigenvalue weighted by molar-refractivity contribution is -0.125. The van der Waals surface area contributed by atoms with Gasteiger partial charge < -0.3 is 14.6 Å². The van der Waals surface area contributed by atoms with Crippen molar-refractivity contribution in [1.29, 1.82) is 0 Å². The van der Waals surface area contributed by atoms with Gasteiger partial charge in [0.2, 0.25) is 0 Å². The molecule has 9 nitrogen and oxygen atoms in total. The van der Waals surface area contributed by atoms with Crippen molar-refractivity contribution in [2.75, 3.05) is 10.2 Å². The van der Waals surface area contributed by atoms with E-state index in [-0.39, 0.29) is 22.5 Å². The molecule has 1 atom stereocenters. The smallest absolute Gasteiger partial charge is 0.338 e. The minimum Gasteiger partial charge on any atom is -0.449 e. The number of amides is 3. The number of benzene rings is 2. The molecular formula is C27H27N3O6. The molecule has 1 aromatic heterocycles. The minimum absolute atomic E-state index is 0.0734. The molecule has 1 N–H and O–H groups in total. The molecule has 0 bridgehead atoms. The van der Waals surface area contributed by atoms with Crippen LogP contribution in [0.1, 0.15) is 74.1 Å². The predicted octanol–water partition coefficient (Wildman–Crippen LogP) is 4.75. The van der Waals surface area contributed by atoms with Gasteiger partial charge in [0.15, 0.2) is 11.9 Å². The standard InChI is InChI=1S/C27H27N3O6/c1-5-6-7-22(24(31)28-23-13-17(4)36-29-23)35-27(34)18-10-11-19-20(14-18)26(33)30(25(19)32)21-12-15(2)8-9-16(21)3/h8-14,22H,5-7H2,1-4H3,(H,28,29,31). The number of anilines is 2. The molecule has 36 heavy (non-hydrogen) atoms. The fraction of sp³-hybridized carbons (Fsp3) is 0.296. The van der Waals surface area contributed by atoms with Crippen LogP contribution in [0.4, 0.5) is 11.5 Å². The third kappa shape index (κ3) is 4.91. The Morgan fingerprint density at radius 2 is 1.78 bits per heavy atom. The molecule has 1 aliphatic rings. The third-order valence-electron chi connectivity index (χ3n) is 5.97. The Labute approximate surface area is 208 Å². The molecule has 4 rings (SSSR count). The normalized spacial score (nSPS) is 13.5. The summed E-state index contributed by atoms with van der Waals surface area (Å²) >= 11 is 0. The monoisotopic (exact) mass is 489 g/mol. The van der Waals surface area contributed by atoms with E-state index in [1.165, 1.54) is 18.2 Å². The van der Waals surface area contributed by atoms with E-state index in [1.54, 1.807) is 19.1 Å². The lowest BCUT2D eigenvalue weighted by Crippen LogP contribution is -2.32. The average molecular weight is 490 g/mol. The van der Waals surface area contributed by atoms with Gasteiger partial charge in [-0.25, -0.2) is 9.69 Å². The minimum atomic E-state index is -1.06. The molecule has 1 aliphatic heterocycles. The maximum absolute atomic E-state index is 13.2. The quantitative estimate of drug-likeness (QED) is 0.358. The van der Waals surface area contributed by atoms with E-state index in [0.717, 1.165) is 22.4 Å². The number of carbonyl (C=O) groups is 4. The highest BCUT2D eigenvalue weighted by Crippen LogP contribution is 2.32. The van der Waals surface area contributed by atoms with Crippen LogP contribution in [0.5, 0.6) is 0 Å². The Balaban J connectivity index is 1.55. The van der Waals surface area contributed by atoms with Crippen LogP contribution in [0.25, 0.3) is 0 Å². The maximum atomic E-state index is 13.2. The lowest BCUT2D eigenvalue weighted by Gasteiger charge is -2.17. The number of ether oxygens (including phenoxy) is 1. The highest BCUT2D eigenvalue weighted by molar-refractivity contribution is 6.35. The molecule has 9 heteroatoms. The molecule has 186 valence electrons. The van der Waals surface area contributed by atoms with Crippen LogP contribution in [0, 0.1) is 20.8 Å². The lowest BCUT2D eigenvalue weighted by atomic mass is 10.1. The predicted molar refractivity (Wildman–Crippen MR) is 132 cm³/mol. The third-order valence-corrected chi connectivity index (χ3v) is 5.97. The molecular weight excluding hydrogens is 462 g/mol. The molecule has 3 aromatic rings. The first-order valence-corrected chi connectivity index (χ1v) is 11.7. The Kier molecular flexibility index (Phi) is 7.00. The number of hydrogen-bond acceptors (Lipinski definition) is 7. The van der Waals surface area contributed by atoms with E-state index in [1.807, 2.05) is 32.9 Å². The van der Waals surface area contributed by atoms with Gasteiger partial charge in [0.25, 0.3) is 17.7 Å². The Hall–Kier alpha value is -4.27. The van der Waals surface area contributed by atoms with Gasteiger partial charge in [0.1, 0.15) is 5.76 Å². The van der Waals surface area contributed by atoms with Crippen molar-refractivity contribution < 1.29 is 28.4 Å². The van der Waals surface area contributed by atoms with Gasteiger partial charge in [-0.15, -0.1) is 0 Å². The first-order valence-electron chi connectivity index (χ1n) is 11.7. The van der Waals surface area contributed by atoms with E-state index in [9.17, 15) is 19.2 Å². The van der Waals surface area contributed by atoms with Crippen molar-refractivity contribution in [3.63, 3.8) is 0 Å². The zero-order chi connectivity index (χ0) is 26.0. The second-order valence-electron chi connectivity index (χ2n) is 8.84. The molecule has 0 aliphatic carbocycles. The summed E-state index contributed by atoms with van der Waals surface area (Å²) in [5.41, 5.74) is 2.59. The number of hydrogen-bond donors (Lipinski definition) is 1. The molecule has 2 heterocycles. The Morgan fingerprint density at radius 3 is 2.47 bits per heavy atom. The van der Waals surface area contributed by atoms with Gasteiger partial charge >= 0.3 is 5.97 Å². The summed E-state index contributed by atoms with van der Waals surface area (Å²) in [4.78, 5) is 53.1. The van der Waals surface area contributed by atoms with E-state index >= 15 is 0 Å². The SMILES string of the molecule is CCCCC(OC(=O)c1ccc2c(c1)C(=O)N(c1cc(C)ccc1C)C2=O)C(=O)Nc1cc(C)on1. The van der Waals surface area contributed by atoms with Gasteiger partial charge in [0, 0.05) is 6.07 Å². The maximum Gasteiger partial charge on any atom is 0.338 e. The Bertz CT molecular complexity index is 1360. The summed E-state index contributed by atoms with van der Waals surface area (Å²) in [5.74, 6) is -1.51. The summed E-state index contributed by atoms with van der Waals surface area (Å²) in [6.07, 6.45) is 0.707. The largest absolute Gasteiger partial charge is 0.449 e. The van der Waals surface area contributed by atoms with E-state index in [2.05, 4.69) is 10.5 Å². The topological polar surface area (TPSA) is 119 Å². The van der Waals surface area contributed by atoms with Crippen molar-refractivity contribution in [2.24, 2.45) is 0 Å². The van der Waals surface area contributed by atoms with Crippen LogP contribution in [0.2, 0.25) is 0 Å². The highest BCUT2D eigenvalue weighted by atomic mass is 16.5. The van der Waals surface area contributed by atoms with Gasteiger partial charge in [-0.05, 0) is 69.0 Å². The van der Waals surface area contributed by atoms with Crippen LogP contribution in [-0.4, -0.2) is 35.0 Å². The number of nitrogens with one attached hydrogen (secondary N) is 1. The van der Waals surface area contributed by atoms with E-state index in [4.69, 9.17) is 9.26 Å². The van der Waals surface area contributed by atoms with Crippen molar-refractivity contribution in [3.05, 3.63) is 76.0 Å². The fourth-order valence-corrected chi connectivity index (χ4v) is 4.01. The molecule has 2 aromatic carbocycles. The summed E-state index contributed by atoms with van der Waals surface area (Å²) in [5, 5.41) is 6.32. The number of aryl methyl sites for hydroxylation is 3. The number of fused-ring (bicyclic) bond motifs is 1. The second-order valence-corrected chi connectivity index (χ2v) is 8.84. The number of unbranched alkanes of at least 4 members (excludes halogenated alkanes) is 1. The van der Waals surface area contributed by atoms with Gasteiger partial charge in [-0.2, -0.15) is 0 Å². The summed E-state index contributed by atoms with van der Waals surface area (Å²) in [6, 6.07) is 11.3. The summed E-state index contributed by atoms with van der Waals surface area (Å²) in [6.45, 7) is 7.36. The number of nitrogens with zero attached hydrogens (tertiary/aromatic N) is 2. The highest BCUT2D eigenvalue weighted by Gasteiger charge is 2.38. The molecule has 0 fully saturated rings. The van der Waals surface area contributed by atoms with E-state index in [0.29, 0.717) is 24.3 Å². The van der Waals surface area contributed by atoms with Crippen LogP contribution in [0.3, 0.4) is 0 Å². The first kappa shape index (κ1) is 24.8. The zero-order valence-electron chi connectivity index (χ0n) is 20.6. The molecule has 0 saturated carbocycles.